The molecule has 1 aliphatic rings. The van der Waals surface area contributed by atoms with Crippen LogP contribution in [0.5, 0.6) is 0 Å². The van der Waals surface area contributed by atoms with Crippen molar-refractivity contribution in [3.8, 4) is 0 Å². The fourth-order valence-corrected chi connectivity index (χ4v) is 0.984. The van der Waals surface area contributed by atoms with E-state index in [1.54, 1.807) is 0 Å². The summed E-state index contributed by atoms with van der Waals surface area (Å²) in [4.78, 5) is 11.1. The first kappa shape index (κ1) is 9.60. The van der Waals surface area contributed by atoms with E-state index in [0.717, 1.165) is 0 Å². The molecule has 0 radical (unpaired) electrons. The van der Waals surface area contributed by atoms with Gasteiger partial charge in [0.05, 0.1) is 20.8 Å². The van der Waals surface area contributed by atoms with E-state index in [9.17, 15) is 4.79 Å². The third-order valence-corrected chi connectivity index (χ3v) is 1.50. The number of esters is 1. The van der Waals surface area contributed by atoms with Gasteiger partial charge in [-0.25, -0.2) is 4.79 Å². The Morgan fingerprint density at radius 1 is 1.38 bits per heavy atom. The molecule has 1 aliphatic heterocycles. The van der Waals surface area contributed by atoms with Crippen molar-refractivity contribution in [3.63, 3.8) is 0 Å². The van der Waals surface area contributed by atoms with Crippen molar-refractivity contribution in [2.45, 2.75) is 0 Å². The Balaban J connectivity index is 3.02. The molecule has 5 nitrogen and oxygen atoms in total. The van der Waals surface area contributed by atoms with Crippen molar-refractivity contribution in [2.24, 2.45) is 0 Å². The maximum absolute atomic E-state index is 11.1. The average Bonchev–Trinajstić information content (AvgIpc) is 2.41. The van der Waals surface area contributed by atoms with Gasteiger partial charge in [-0.15, -0.1) is 0 Å². The lowest BCUT2D eigenvalue weighted by molar-refractivity contribution is -0.136. The monoisotopic (exact) mass is 186 g/mol. The van der Waals surface area contributed by atoms with Gasteiger partial charge in [0, 0.05) is 0 Å². The van der Waals surface area contributed by atoms with Crippen LogP contribution in [-0.2, 0) is 19.0 Å². The summed E-state index contributed by atoms with van der Waals surface area (Å²) in [6.07, 6.45) is 1.32. The zero-order chi connectivity index (χ0) is 9.84. The van der Waals surface area contributed by atoms with Crippen molar-refractivity contribution in [2.75, 3.05) is 20.8 Å². The standard InChI is InChI=1S/C8H10O5/c1-11-6-5(3-4-9)13-8(10)7(6)12-2/h3,9H,4H2,1-2H3/b5-3-. The SMILES string of the molecule is COC1=C(OC)/C(=C/CO)OC1=O. The highest BCUT2D eigenvalue weighted by Crippen LogP contribution is 2.26. The Labute approximate surface area is 75.2 Å². The molecule has 5 heteroatoms. The predicted octanol–water partition coefficient (Wildman–Crippen LogP) is -0.0762. The molecule has 0 unspecified atom stereocenters. The van der Waals surface area contributed by atoms with Gasteiger partial charge in [-0.2, -0.15) is 0 Å². The van der Waals surface area contributed by atoms with Crippen molar-refractivity contribution in [1.29, 1.82) is 0 Å². The summed E-state index contributed by atoms with van der Waals surface area (Å²) in [5.74, 6) is -0.199. The van der Waals surface area contributed by atoms with Crippen molar-refractivity contribution >= 4 is 5.97 Å². The van der Waals surface area contributed by atoms with E-state index in [-0.39, 0.29) is 23.9 Å². The summed E-state index contributed by atoms with van der Waals surface area (Å²) < 4.78 is 14.4. The molecule has 1 N–H and O–H groups in total. The lowest BCUT2D eigenvalue weighted by Crippen LogP contribution is -2.00. The van der Waals surface area contributed by atoms with Crippen molar-refractivity contribution < 1.29 is 24.1 Å². The Morgan fingerprint density at radius 2 is 2.00 bits per heavy atom. The summed E-state index contributed by atoms with van der Waals surface area (Å²) >= 11 is 0. The first-order valence-electron chi connectivity index (χ1n) is 3.60. The van der Waals surface area contributed by atoms with Gasteiger partial charge in [0.1, 0.15) is 0 Å². The van der Waals surface area contributed by atoms with Gasteiger partial charge < -0.3 is 19.3 Å². The van der Waals surface area contributed by atoms with Crippen LogP contribution in [0.1, 0.15) is 0 Å². The van der Waals surface area contributed by atoms with Crippen LogP contribution in [0, 0.1) is 0 Å². The molecule has 0 atom stereocenters. The molecule has 0 aromatic rings. The van der Waals surface area contributed by atoms with E-state index in [0.29, 0.717) is 0 Å². The second-order valence-corrected chi connectivity index (χ2v) is 2.21. The van der Waals surface area contributed by atoms with Crippen molar-refractivity contribution in [1.82, 2.24) is 0 Å². The molecule has 0 spiro atoms. The van der Waals surface area contributed by atoms with E-state index in [1.165, 1.54) is 20.3 Å². The molecule has 0 aromatic heterocycles. The zero-order valence-corrected chi connectivity index (χ0v) is 7.36. The highest BCUT2D eigenvalue weighted by Gasteiger charge is 2.32. The zero-order valence-electron chi connectivity index (χ0n) is 7.36. The van der Waals surface area contributed by atoms with E-state index in [1.807, 2.05) is 0 Å². The number of rotatable bonds is 3. The Morgan fingerprint density at radius 3 is 2.46 bits per heavy atom. The summed E-state index contributed by atoms with van der Waals surface area (Å²) in [6.45, 7) is -0.230. The fourth-order valence-electron chi connectivity index (χ4n) is 0.984. The number of cyclic esters (lactones) is 1. The number of aliphatic hydroxyl groups is 1. The Hall–Kier alpha value is -1.49. The number of hydrogen-bond donors (Lipinski definition) is 1. The third kappa shape index (κ3) is 1.65. The van der Waals surface area contributed by atoms with E-state index in [2.05, 4.69) is 0 Å². The first-order chi connectivity index (χ1) is 6.24. The molecule has 13 heavy (non-hydrogen) atoms. The predicted molar refractivity (Wildman–Crippen MR) is 42.3 cm³/mol. The van der Waals surface area contributed by atoms with Crippen LogP contribution < -0.4 is 0 Å². The molecule has 72 valence electrons. The number of ether oxygens (including phenoxy) is 3. The van der Waals surface area contributed by atoms with E-state index < -0.39 is 5.97 Å². The van der Waals surface area contributed by atoms with Gasteiger partial charge in [-0.3, -0.25) is 0 Å². The number of carbonyl (C=O) groups excluding carboxylic acids is 1. The molecule has 0 saturated carbocycles. The average molecular weight is 186 g/mol. The van der Waals surface area contributed by atoms with Crippen molar-refractivity contribution in [3.05, 3.63) is 23.4 Å². The van der Waals surface area contributed by atoms with Crippen LogP contribution in [0.4, 0.5) is 0 Å². The molecule has 0 aromatic carbocycles. The topological polar surface area (TPSA) is 65.0 Å². The van der Waals surface area contributed by atoms with Gasteiger partial charge in [-0.1, -0.05) is 0 Å². The van der Waals surface area contributed by atoms with Gasteiger partial charge in [0.15, 0.2) is 5.76 Å². The Bertz CT molecular complexity index is 276. The highest BCUT2D eigenvalue weighted by molar-refractivity contribution is 5.91. The number of methoxy groups -OCH3 is 2. The number of hydrogen-bond acceptors (Lipinski definition) is 5. The normalized spacial score (nSPS) is 19.3. The van der Waals surface area contributed by atoms with Gasteiger partial charge in [-0.05, 0) is 6.08 Å². The minimum absolute atomic E-state index is 0.0159. The molecule has 0 saturated heterocycles. The van der Waals surface area contributed by atoms with Crippen LogP contribution in [0.3, 0.4) is 0 Å². The Kier molecular flexibility index (Phi) is 2.92. The summed E-state index contributed by atoms with van der Waals surface area (Å²) in [7, 11) is 2.74. The summed E-state index contributed by atoms with van der Waals surface area (Å²) in [6, 6.07) is 0. The first-order valence-corrected chi connectivity index (χ1v) is 3.60. The third-order valence-electron chi connectivity index (χ3n) is 1.50. The van der Waals surface area contributed by atoms with Gasteiger partial charge in [0.2, 0.25) is 5.76 Å². The van der Waals surface area contributed by atoms with Crippen LogP contribution in [0.15, 0.2) is 23.4 Å². The lowest BCUT2D eigenvalue weighted by Gasteiger charge is -2.00. The lowest BCUT2D eigenvalue weighted by atomic mass is 10.3. The van der Waals surface area contributed by atoms with Crippen LogP contribution in [0.25, 0.3) is 0 Å². The van der Waals surface area contributed by atoms with E-state index >= 15 is 0 Å². The second-order valence-electron chi connectivity index (χ2n) is 2.21. The summed E-state index contributed by atoms with van der Waals surface area (Å²) in [5, 5.41) is 8.60. The van der Waals surface area contributed by atoms with E-state index in [4.69, 9.17) is 19.3 Å². The molecule has 0 amide bonds. The second kappa shape index (κ2) is 3.95. The molecule has 0 bridgehead atoms. The molecule has 1 rings (SSSR count). The van der Waals surface area contributed by atoms with Crippen LogP contribution in [-0.4, -0.2) is 31.9 Å². The summed E-state index contributed by atoms with van der Waals surface area (Å²) in [5.41, 5.74) is 0. The fraction of sp³-hybridized carbons (Fsp3) is 0.375. The highest BCUT2D eigenvalue weighted by atomic mass is 16.6. The minimum Gasteiger partial charge on any atom is -0.490 e. The van der Waals surface area contributed by atoms with Crippen LogP contribution >= 0.6 is 0 Å². The molecular weight excluding hydrogens is 176 g/mol. The molecule has 1 heterocycles. The number of aliphatic hydroxyl groups excluding tert-OH is 1. The van der Waals surface area contributed by atoms with Gasteiger partial charge >= 0.3 is 5.97 Å². The molecule has 0 fully saturated rings. The van der Waals surface area contributed by atoms with Gasteiger partial charge in [0.25, 0.3) is 5.76 Å². The maximum Gasteiger partial charge on any atom is 0.383 e. The largest absolute Gasteiger partial charge is 0.490 e. The molecular formula is C8H10O5. The quantitative estimate of drug-likeness (QED) is 0.625. The number of carbonyl (C=O) groups is 1. The smallest absolute Gasteiger partial charge is 0.383 e. The maximum atomic E-state index is 11.1. The minimum atomic E-state index is -0.612. The molecule has 0 aliphatic carbocycles. The van der Waals surface area contributed by atoms with Crippen LogP contribution in [0.2, 0.25) is 0 Å².